The van der Waals surface area contributed by atoms with Crippen LogP contribution in [0.15, 0.2) is 29.3 Å². The topological polar surface area (TPSA) is 76.0 Å². The Labute approximate surface area is 180 Å². The maximum absolute atomic E-state index is 11.5. The summed E-state index contributed by atoms with van der Waals surface area (Å²) in [5.74, 6) is 0.977. The van der Waals surface area contributed by atoms with E-state index in [1.165, 1.54) is 0 Å². The average molecular weight is 428 g/mol. The minimum atomic E-state index is -0.310. The summed E-state index contributed by atoms with van der Waals surface area (Å²) in [6.07, 6.45) is 7.85. The lowest BCUT2D eigenvalue weighted by atomic mass is 9.61. The van der Waals surface area contributed by atoms with Crippen molar-refractivity contribution in [1.82, 2.24) is 24.9 Å². The van der Waals surface area contributed by atoms with Crippen LogP contribution in [0, 0.1) is 12.3 Å². The fourth-order valence-corrected chi connectivity index (χ4v) is 5.33. The summed E-state index contributed by atoms with van der Waals surface area (Å²) in [5.41, 5.74) is 3.26. The normalized spacial score (nSPS) is 18.5. The lowest BCUT2D eigenvalue weighted by Gasteiger charge is -2.58. The number of likely N-dealkylation sites (tertiary alicyclic amines) is 1. The molecule has 2 aliphatic rings. The van der Waals surface area contributed by atoms with E-state index in [4.69, 9.17) is 16.3 Å². The number of nitrogens with one attached hydrogen (secondary N) is 1. The maximum atomic E-state index is 11.5. The number of fused-ring (bicyclic) bond motifs is 1. The highest BCUT2D eigenvalue weighted by atomic mass is 35.5. The van der Waals surface area contributed by atoms with Crippen LogP contribution in [-0.4, -0.2) is 50.6 Å². The second kappa shape index (κ2) is 7.39. The minimum absolute atomic E-state index is 0.267. The predicted octanol–water partition coefficient (Wildman–Crippen LogP) is 3.09. The molecule has 1 saturated carbocycles. The van der Waals surface area contributed by atoms with E-state index in [1.807, 2.05) is 17.9 Å². The molecule has 0 atom stereocenters. The summed E-state index contributed by atoms with van der Waals surface area (Å²) >= 11 is 6.05. The molecule has 7 nitrogen and oxygen atoms in total. The first kappa shape index (κ1) is 19.6. The number of hydrogen-bond acceptors (Lipinski definition) is 5. The van der Waals surface area contributed by atoms with Crippen LogP contribution in [-0.2, 0) is 13.5 Å². The van der Waals surface area contributed by atoms with E-state index < -0.39 is 0 Å². The molecule has 1 saturated heterocycles. The summed E-state index contributed by atoms with van der Waals surface area (Å²) < 4.78 is 8.24. The Kier molecular flexibility index (Phi) is 4.82. The van der Waals surface area contributed by atoms with E-state index in [-0.39, 0.29) is 10.6 Å². The number of ether oxygens (including phenoxy) is 1. The molecule has 1 aliphatic heterocycles. The number of H-pyrrole nitrogens is 1. The quantitative estimate of drug-likeness (QED) is 0.654. The number of benzene rings is 1. The van der Waals surface area contributed by atoms with Gasteiger partial charge in [-0.2, -0.15) is 10.2 Å². The third-order valence-electron chi connectivity index (χ3n) is 6.63. The van der Waals surface area contributed by atoms with Gasteiger partial charge in [0, 0.05) is 36.5 Å². The third-order valence-corrected chi connectivity index (χ3v) is 7.04. The number of aryl methyl sites for hydroxylation is 3. The molecule has 30 heavy (non-hydrogen) atoms. The summed E-state index contributed by atoms with van der Waals surface area (Å²) in [6.45, 7) is 5.40. The van der Waals surface area contributed by atoms with Gasteiger partial charge in [-0.1, -0.05) is 11.6 Å². The lowest BCUT2D eigenvalue weighted by Crippen LogP contribution is -2.64. The van der Waals surface area contributed by atoms with Crippen molar-refractivity contribution < 1.29 is 4.74 Å². The molecule has 5 rings (SSSR count). The SMILES string of the molecule is Cc1c(OC2CC3(C2)CN(CCCc2cn[nH]c(=O)c2Cl)C3)ccc2cnn(C)c12. The molecule has 2 aromatic heterocycles. The molecule has 1 aliphatic carbocycles. The van der Waals surface area contributed by atoms with Crippen LogP contribution < -0.4 is 10.3 Å². The molecule has 0 unspecified atom stereocenters. The summed E-state index contributed by atoms with van der Waals surface area (Å²) in [4.78, 5) is 14.0. The molecule has 1 aromatic carbocycles. The van der Waals surface area contributed by atoms with Gasteiger partial charge in [-0.3, -0.25) is 9.48 Å². The van der Waals surface area contributed by atoms with Gasteiger partial charge in [0.25, 0.3) is 5.56 Å². The fraction of sp³-hybridized carbons (Fsp3) is 0.500. The Bertz CT molecular complexity index is 1140. The predicted molar refractivity (Wildman–Crippen MR) is 116 cm³/mol. The van der Waals surface area contributed by atoms with Crippen molar-refractivity contribution in [3.8, 4) is 5.75 Å². The lowest BCUT2D eigenvalue weighted by molar-refractivity contribution is -0.119. The summed E-state index contributed by atoms with van der Waals surface area (Å²) in [7, 11) is 1.97. The smallest absolute Gasteiger partial charge is 0.283 e. The van der Waals surface area contributed by atoms with Crippen molar-refractivity contribution in [3.63, 3.8) is 0 Å². The average Bonchev–Trinajstić information content (AvgIpc) is 3.04. The minimum Gasteiger partial charge on any atom is -0.490 e. The first-order chi connectivity index (χ1) is 14.4. The van der Waals surface area contributed by atoms with Crippen molar-refractivity contribution in [3.05, 3.63) is 51.0 Å². The largest absolute Gasteiger partial charge is 0.490 e. The highest BCUT2D eigenvalue weighted by Gasteiger charge is 2.53. The monoisotopic (exact) mass is 427 g/mol. The molecule has 0 bridgehead atoms. The molecule has 3 aromatic rings. The van der Waals surface area contributed by atoms with Crippen molar-refractivity contribution in [1.29, 1.82) is 0 Å². The Balaban J connectivity index is 1.09. The van der Waals surface area contributed by atoms with Crippen molar-refractivity contribution in [2.24, 2.45) is 12.5 Å². The molecular weight excluding hydrogens is 402 g/mol. The first-order valence-electron chi connectivity index (χ1n) is 10.5. The number of nitrogens with zero attached hydrogens (tertiary/aromatic N) is 4. The number of aromatic nitrogens is 4. The third kappa shape index (κ3) is 3.40. The van der Waals surface area contributed by atoms with E-state index >= 15 is 0 Å². The standard InChI is InChI=1S/C22H26ClN5O2/c1-14-18(6-5-16-11-25-27(2)20(14)16)30-17-8-22(9-17)12-28(13-22)7-3-4-15-10-24-26-21(29)19(15)23/h5-6,10-11,17H,3-4,7-9,12-13H2,1-2H3,(H,26,29). The van der Waals surface area contributed by atoms with Crippen molar-refractivity contribution in [2.75, 3.05) is 19.6 Å². The van der Waals surface area contributed by atoms with E-state index in [0.717, 1.165) is 73.1 Å². The zero-order valence-corrected chi connectivity index (χ0v) is 18.1. The van der Waals surface area contributed by atoms with Gasteiger partial charge in [0.1, 0.15) is 10.8 Å². The highest BCUT2D eigenvalue weighted by molar-refractivity contribution is 6.31. The summed E-state index contributed by atoms with van der Waals surface area (Å²) in [5, 5.41) is 12.0. The zero-order valence-electron chi connectivity index (χ0n) is 17.3. The van der Waals surface area contributed by atoms with Gasteiger partial charge in [0.05, 0.1) is 24.0 Å². The van der Waals surface area contributed by atoms with E-state index in [9.17, 15) is 4.79 Å². The molecule has 0 amide bonds. The fourth-order valence-electron chi connectivity index (χ4n) is 5.15. The molecule has 1 N–H and O–H groups in total. The van der Waals surface area contributed by atoms with Gasteiger partial charge in [0.2, 0.25) is 0 Å². The van der Waals surface area contributed by atoms with Gasteiger partial charge in [-0.05, 0) is 56.8 Å². The van der Waals surface area contributed by atoms with E-state index in [2.05, 4.69) is 39.3 Å². The maximum Gasteiger partial charge on any atom is 0.283 e. The second-order valence-corrected chi connectivity index (χ2v) is 9.27. The van der Waals surface area contributed by atoms with Crippen LogP contribution in [0.4, 0.5) is 0 Å². The number of aromatic amines is 1. The summed E-state index contributed by atoms with van der Waals surface area (Å²) in [6, 6.07) is 4.17. The Hall–Kier alpha value is -2.38. The highest BCUT2D eigenvalue weighted by Crippen LogP contribution is 2.50. The van der Waals surface area contributed by atoms with E-state index in [0.29, 0.717) is 11.5 Å². The Morgan fingerprint density at radius 2 is 2.10 bits per heavy atom. The first-order valence-corrected chi connectivity index (χ1v) is 10.8. The van der Waals surface area contributed by atoms with Crippen LogP contribution in [0.25, 0.3) is 10.9 Å². The van der Waals surface area contributed by atoms with Crippen LogP contribution >= 0.6 is 11.6 Å². The Morgan fingerprint density at radius 3 is 2.90 bits per heavy atom. The van der Waals surface area contributed by atoms with Crippen molar-refractivity contribution in [2.45, 2.75) is 38.7 Å². The molecular formula is C22H26ClN5O2. The van der Waals surface area contributed by atoms with Gasteiger partial charge >= 0.3 is 0 Å². The molecule has 1 spiro atoms. The van der Waals surface area contributed by atoms with Crippen LogP contribution in [0.3, 0.4) is 0 Å². The second-order valence-electron chi connectivity index (χ2n) is 8.90. The molecule has 8 heteroatoms. The molecule has 158 valence electrons. The molecule has 2 fully saturated rings. The van der Waals surface area contributed by atoms with Gasteiger partial charge in [0.15, 0.2) is 0 Å². The number of halogens is 1. The van der Waals surface area contributed by atoms with Crippen LogP contribution in [0.1, 0.15) is 30.4 Å². The van der Waals surface area contributed by atoms with Crippen molar-refractivity contribution >= 4 is 22.5 Å². The van der Waals surface area contributed by atoms with Crippen LogP contribution in [0.2, 0.25) is 5.02 Å². The number of rotatable bonds is 6. The van der Waals surface area contributed by atoms with E-state index in [1.54, 1.807) is 6.20 Å². The Morgan fingerprint density at radius 1 is 1.30 bits per heavy atom. The van der Waals surface area contributed by atoms with Crippen LogP contribution in [0.5, 0.6) is 5.75 Å². The molecule has 0 radical (unpaired) electrons. The van der Waals surface area contributed by atoms with Gasteiger partial charge in [-0.15, -0.1) is 0 Å². The number of hydrogen-bond donors (Lipinski definition) is 1. The van der Waals surface area contributed by atoms with Gasteiger partial charge < -0.3 is 9.64 Å². The van der Waals surface area contributed by atoms with Gasteiger partial charge in [-0.25, -0.2) is 5.10 Å². The molecule has 3 heterocycles. The zero-order chi connectivity index (χ0) is 20.9.